The second kappa shape index (κ2) is 11.3. The molecular formula is C19H38IN5S. The van der Waals surface area contributed by atoms with Gasteiger partial charge in [-0.1, -0.05) is 6.42 Å². The number of aliphatic imine (C=N–C) groups is 1. The molecule has 26 heavy (non-hydrogen) atoms. The molecule has 0 aliphatic carbocycles. The lowest BCUT2D eigenvalue weighted by Crippen LogP contribution is -2.62. The second-order valence-electron chi connectivity index (χ2n) is 8.06. The minimum absolute atomic E-state index is 0. The van der Waals surface area contributed by atoms with Crippen LogP contribution in [0.1, 0.15) is 44.9 Å². The fourth-order valence-corrected chi connectivity index (χ4v) is 5.57. The molecule has 1 unspecified atom stereocenters. The van der Waals surface area contributed by atoms with Gasteiger partial charge in [-0.2, -0.15) is 11.8 Å². The lowest BCUT2D eigenvalue weighted by Gasteiger charge is -2.50. The Morgan fingerprint density at radius 1 is 1.12 bits per heavy atom. The van der Waals surface area contributed by atoms with Crippen molar-refractivity contribution in [2.24, 2.45) is 4.99 Å². The summed E-state index contributed by atoms with van der Waals surface area (Å²) in [5.41, 5.74) is 0.311. The predicted molar refractivity (Wildman–Crippen MR) is 125 cm³/mol. The SMILES string of the molecule is CN=C(NCC1(N2CCCCC2)CCN(C)CC1)NC1CCCSC1.I. The van der Waals surface area contributed by atoms with Gasteiger partial charge in [0.15, 0.2) is 5.96 Å². The Morgan fingerprint density at radius 3 is 2.46 bits per heavy atom. The van der Waals surface area contributed by atoms with Crippen molar-refractivity contribution in [2.45, 2.75) is 56.5 Å². The number of guanidine groups is 1. The van der Waals surface area contributed by atoms with E-state index in [-0.39, 0.29) is 24.0 Å². The van der Waals surface area contributed by atoms with Gasteiger partial charge in [0.2, 0.25) is 0 Å². The molecule has 0 aromatic rings. The van der Waals surface area contributed by atoms with Crippen molar-refractivity contribution in [3.8, 4) is 0 Å². The van der Waals surface area contributed by atoms with Gasteiger partial charge >= 0.3 is 0 Å². The van der Waals surface area contributed by atoms with E-state index in [0.29, 0.717) is 11.6 Å². The van der Waals surface area contributed by atoms with Crippen molar-refractivity contribution in [2.75, 3.05) is 58.3 Å². The Labute approximate surface area is 181 Å². The highest BCUT2D eigenvalue weighted by molar-refractivity contribution is 14.0. The molecule has 3 rings (SSSR count). The van der Waals surface area contributed by atoms with E-state index in [4.69, 9.17) is 0 Å². The van der Waals surface area contributed by atoms with Crippen molar-refractivity contribution in [1.29, 1.82) is 0 Å². The first kappa shape index (κ1) is 22.6. The number of rotatable bonds is 4. The van der Waals surface area contributed by atoms with Crippen LogP contribution in [0, 0.1) is 0 Å². The molecular weight excluding hydrogens is 457 g/mol. The van der Waals surface area contributed by atoms with Gasteiger partial charge in [0.25, 0.3) is 0 Å². The van der Waals surface area contributed by atoms with Crippen molar-refractivity contribution < 1.29 is 0 Å². The van der Waals surface area contributed by atoms with Crippen molar-refractivity contribution in [3.63, 3.8) is 0 Å². The van der Waals surface area contributed by atoms with Crippen LogP contribution in [0.15, 0.2) is 4.99 Å². The highest BCUT2D eigenvalue weighted by Gasteiger charge is 2.39. The van der Waals surface area contributed by atoms with Crippen molar-refractivity contribution in [1.82, 2.24) is 20.4 Å². The van der Waals surface area contributed by atoms with Crippen LogP contribution in [0.25, 0.3) is 0 Å². The van der Waals surface area contributed by atoms with Gasteiger partial charge < -0.3 is 15.5 Å². The number of thioether (sulfide) groups is 1. The van der Waals surface area contributed by atoms with E-state index >= 15 is 0 Å². The van der Waals surface area contributed by atoms with Gasteiger partial charge in [-0.15, -0.1) is 24.0 Å². The average Bonchev–Trinajstić information content (AvgIpc) is 2.68. The quantitative estimate of drug-likeness (QED) is 0.357. The van der Waals surface area contributed by atoms with Gasteiger partial charge in [-0.3, -0.25) is 9.89 Å². The zero-order valence-corrected chi connectivity index (χ0v) is 19.8. The number of likely N-dealkylation sites (tertiary alicyclic amines) is 2. The molecule has 1 atom stereocenters. The molecule has 3 aliphatic rings. The third-order valence-corrected chi connectivity index (χ3v) is 7.47. The first-order valence-corrected chi connectivity index (χ1v) is 11.4. The monoisotopic (exact) mass is 495 g/mol. The van der Waals surface area contributed by atoms with Crippen molar-refractivity contribution >= 4 is 41.7 Å². The lowest BCUT2D eigenvalue weighted by atomic mass is 9.84. The maximum absolute atomic E-state index is 4.51. The summed E-state index contributed by atoms with van der Waals surface area (Å²) < 4.78 is 0. The largest absolute Gasteiger partial charge is 0.355 e. The smallest absolute Gasteiger partial charge is 0.191 e. The summed E-state index contributed by atoms with van der Waals surface area (Å²) in [5, 5.41) is 7.37. The summed E-state index contributed by atoms with van der Waals surface area (Å²) in [5.74, 6) is 3.53. The third kappa shape index (κ3) is 6.14. The van der Waals surface area contributed by atoms with Crippen LogP contribution in [0.5, 0.6) is 0 Å². The van der Waals surface area contributed by atoms with E-state index in [2.05, 4.69) is 44.2 Å². The first-order valence-electron chi connectivity index (χ1n) is 10.2. The zero-order valence-electron chi connectivity index (χ0n) is 16.6. The number of nitrogens with zero attached hydrogens (tertiary/aromatic N) is 3. The molecule has 7 heteroatoms. The summed E-state index contributed by atoms with van der Waals surface area (Å²) >= 11 is 2.06. The summed E-state index contributed by atoms with van der Waals surface area (Å²) in [7, 11) is 4.17. The summed E-state index contributed by atoms with van der Waals surface area (Å²) in [6.45, 7) is 6.00. The minimum Gasteiger partial charge on any atom is -0.355 e. The van der Waals surface area contributed by atoms with E-state index in [1.54, 1.807) is 0 Å². The summed E-state index contributed by atoms with van der Waals surface area (Å²) in [6.07, 6.45) is 9.27. The molecule has 3 fully saturated rings. The van der Waals surface area contributed by atoms with E-state index in [0.717, 1.165) is 12.5 Å². The molecule has 3 heterocycles. The molecule has 152 valence electrons. The maximum Gasteiger partial charge on any atom is 0.191 e. The van der Waals surface area contributed by atoms with Gasteiger partial charge in [-0.05, 0) is 77.5 Å². The lowest BCUT2D eigenvalue weighted by molar-refractivity contribution is 0.0173. The van der Waals surface area contributed by atoms with Crippen LogP contribution in [-0.4, -0.2) is 85.7 Å². The van der Waals surface area contributed by atoms with Gasteiger partial charge in [0.05, 0.1) is 0 Å². The normalized spacial score (nSPS) is 28.2. The van der Waals surface area contributed by atoms with E-state index in [1.807, 2.05) is 7.05 Å². The summed E-state index contributed by atoms with van der Waals surface area (Å²) in [4.78, 5) is 9.79. The molecule has 2 N–H and O–H groups in total. The highest BCUT2D eigenvalue weighted by Crippen LogP contribution is 2.30. The van der Waals surface area contributed by atoms with Crippen LogP contribution >= 0.6 is 35.7 Å². The molecule has 0 aromatic heterocycles. The number of hydrogen-bond acceptors (Lipinski definition) is 4. The van der Waals surface area contributed by atoms with Crippen LogP contribution in [-0.2, 0) is 0 Å². The van der Waals surface area contributed by atoms with Crippen molar-refractivity contribution in [3.05, 3.63) is 0 Å². The molecule has 3 saturated heterocycles. The van der Waals surface area contributed by atoms with E-state index < -0.39 is 0 Å². The van der Waals surface area contributed by atoms with Crippen LogP contribution in [0.2, 0.25) is 0 Å². The van der Waals surface area contributed by atoms with E-state index in [1.165, 1.54) is 82.6 Å². The highest BCUT2D eigenvalue weighted by atomic mass is 127. The Kier molecular flexibility index (Phi) is 9.82. The Balaban J connectivity index is 0.00000243. The third-order valence-electron chi connectivity index (χ3n) is 6.25. The molecule has 5 nitrogen and oxygen atoms in total. The molecule has 0 aromatic carbocycles. The fourth-order valence-electron chi connectivity index (χ4n) is 4.50. The molecule has 0 bridgehead atoms. The predicted octanol–water partition coefficient (Wildman–Crippen LogP) is 2.62. The van der Waals surface area contributed by atoms with E-state index in [9.17, 15) is 0 Å². The van der Waals surface area contributed by atoms with Gasteiger partial charge in [0.1, 0.15) is 0 Å². The Hall–Kier alpha value is 0.270. The van der Waals surface area contributed by atoms with Crippen LogP contribution < -0.4 is 10.6 Å². The first-order chi connectivity index (χ1) is 12.2. The minimum atomic E-state index is 0. The maximum atomic E-state index is 4.51. The number of nitrogens with one attached hydrogen (secondary N) is 2. The molecule has 0 saturated carbocycles. The average molecular weight is 496 g/mol. The second-order valence-corrected chi connectivity index (χ2v) is 9.21. The molecule has 0 spiro atoms. The summed E-state index contributed by atoms with van der Waals surface area (Å²) in [6, 6.07) is 0.577. The number of piperidine rings is 2. The molecule has 0 radical (unpaired) electrons. The topological polar surface area (TPSA) is 42.9 Å². The fraction of sp³-hybridized carbons (Fsp3) is 0.947. The van der Waals surface area contributed by atoms with Crippen LogP contribution in [0.3, 0.4) is 0 Å². The Bertz CT molecular complexity index is 428. The standard InChI is InChI=1S/C19H37N5S.HI/c1-20-18(22-17-7-6-14-25-15-17)21-16-19(8-12-23(2)13-9-19)24-10-4-3-5-11-24;/h17H,3-16H2,1-2H3,(H2,20,21,22);1H. The molecule has 0 amide bonds. The zero-order chi connectivity index (χ0) is 17.5. The number of halogens is 1. The Morgan fingerprint density at radius 2 is 1.85 bits per heavy atom. The van der Waals surface area contributed by atoms with Gasteiger partial charge in [-0.25, -0.2) is 0 Å². The molecule has 3 aliphatic heterocycles. The number of hydrogen-bond donors (Lipinski definition) is 2. The van der Waals surface area contributed by atoms with Crippen LogP contribution in [0.4, 0.5) is 0 Å². The van der Waals surface area contributed by atoms with Gasteiger partial charge in [0, 0.05) is 30.9 Å².